The average Bonchev–Trinajstić information content (AvgIpc) is 2.52. The van der Waals surface area contributed by atoms with Crippen molar-refractivity contribution in [2.75, 3.05) is 73.4 Å². The first kappa shape index (κ1) is 18.8. The Morgan fingerprint density at radius 2 is 1.81 bits per heavy atom. The first-order valence-electron chi connectivity index (χ1n) is 8.25. The lowest BCUT2D eigenvalue weighted by molar-refractivity contribution is -0.00854. The van der Waals surface area contributed by atoms with Gasteiger partial charge in [-0.2, -0.15) is 0 Å². The Kier molecular flexibility index (Phi) is 10.2. The molecule has 5 heteroatoms. The molecule has 1 N–H and O–H groups in total. The largest absolute Gasteiger partial charge is 0.385 e. The van der Waals surface area contributed by atoms with Crippen molar-refractivity contribution < 1.29 is 14.2 Å². The molecule has 0 bridgehead atoms. The van der Waals surface area contributed by atoms with E-state index < -0.39 is 0 Å². The van der Waals surface area contributed by atoms with Crippen LogP contribution in [0.1, 0.15) is 26.2 Å². The molecule has 0 aromatic rings. The van der Waals surface area contributed by atoms with E-state index >= 15 is 0 Å². The van der Waals surface area contributed by atoms with Gasteiger partial charge < -0.3 is 24.4 Å². The van der Waals surface area contributed by atoms with Gasteiger partial charge in [-0.3, -0.25) is 0 Å². The van der Waals surface area contributed by atoms with Gasteiger partial charge in [0.2, 0.25) is 0 Å². The highest BCUT2D eigenvalue weighted by atomic mass is 16.5. The zero-order chi connectivity index (χ0) is 15.4. The van der Waals surface area contributed by atoms with Crippen LogP contribution < -0.4 is 5.32 Å². The Morgan fingerprint density at radius 1 is 1.10 bits per heavy atom. The minimum Gasteiger partial charge on any atom is -0.385 e. The molecular weight excluding hydrogens is 268 g/mol. The monoisotopic (exact) mass is 302 g/mol. The van der Waals surface area contributed by atoms with Crippen molar-refractivity contribution in [2.45, 2.75) is 26.2 Å². The van der Waals surface area contributed by atoms with E-state index in [9.17, 15) is 0 Å². The highest BCUT2D eigenvalue weighted by molar-refractivity contribution is 4.87. The first-order valence-corrected chi connectivity index (χ1v) is 8.25. The second-order valence-corrected chi connectivity index (χ2v) is 6.01. The van der Waals surface area contributed by atoms with Gasteiger partial charge in [0.1, 0.15) is 0 Å². The van der Waals surface area contributed by atoms with Gasteiger partial charge in [-0.15, -0.1) is 0 Å². The Hall–Kier alpha value is -0.200. The highest BCUT2D eigenvalue weighted by Crippen LogP contribution is 2.31. The maximum atomic E-state index is 5.57. The van der Waals surface area contributed by atoms with E-state index in [0.29, 0.717) is 5.41 Å². The molecule has 1 heterocycles. The van der Waals surface area contributed by atoms with Gasteiger partial charge in [-0.1, -0.05) is 6.92 Å². The topological polar surface area (TPSA) is 43.0 Å². The van der Waals surface area contributed by atoms with E-state index in [-0.39, 0.29) is 0 Å². The van der Waals surface area contributed by atoms with Crippen molar-refractivity contribution >= 4 is 0 Å². The SMILES string of the molecule is CCNCC1(CN(CCCOC)CCOC)CCOCC1. The molecule has 0 unspecified atom stereocenters. The zero-order valence-electron chi connectivity index (χ0n) is 14.2. The van der Waals surface area contributed by atoms with Crippen molar-refractivity contribution in [3.63, 3.8) is 0 Å². The second kappa shape index (κ2) is 11.4. The molecule has 0 aromatic heterocycles. The van der Waals surface area contributed by atoms with E-state index in [2.05, 4.69) is 17.1 Å². The molecule has 0 amide bonds. The van der Waals surface area contributed by atoms with E-state index in [1.807, 2.05) is 0 Å². The Morgan fingerprint density at radius 3 is 2.43 bits per heavy atom. The molecule has 0 aliphatic carbocycles. The zero-order valence-corrected chi connectivity index (χ0v) is 14.2. The summed E-state index contributed by atoms with van der Waals surface area (Å²) < 4.78 is 16.0. The predicted molar refractivity (Wildman–Crippen MR) is 85.8 cm³/mol. The van der Waals surface area contributed by atoms with Crippen molar-refractivity contribution in [3.8, 4) is 0 Å². The lowest BCUT2D eigenvalue weighted by atomic mass is 9.79. The van der Waals surface area contributed by atoms with Crippen LogP contribution in [0.4, 0.5) is 0 Å². The van der Waals surface area contributed by atoms with E-state index in [4.69, 9.17) is 14.2 Å². The summed E-state index contributed by atoms with van der Waals surface area (Å²) >= 11 is 0. The van der Waals surface area contributed by atoms with Crippen LogP contribution in [-0.2, 0) is 14.2 Å². The third kappa shape index (κ3) is 7.56. The number of hydrogen-bond acceptors (Lipinski definition) is 5. The molecule has 0 saturated carbocycles. The predicted octanol–water partition coefficient (Wildman–Crippen LogP) is 1.38. The van der Waals surface area contributed by atoms with Crippen LogP contribution in [0.5, 0.6) is 0 Å². The van der Waals surface area contributed by atoms with Gasteiger partial charge in [-0.25, -0.2) is 0 Å². The van der Waals surface area contributed by atoms with Crippen LogP contribution in [0.15, 0.2) is 0 Å². The molecule has 1 fully saturated rings. The first-order chi connectivity index (χ1) is 10.3. The lowest BCUT2D eigenvalue weighted by Crippen LogP contribution is -2.48. The van der Waals surface area contributed by atoms with E-state index in [1.54, 1.807) is 14.2 Å². The van der Waals surface area contributed by atoms with Gasteiger partial charge in [0.05, 0.1) is 6.61 Å². The maximum Gasteiger partial charge on any atom is 0.0589 e. The summed E-state index contributed by atoms with van der Waals surface area (Å²) in [6, 6.07) is 0. The summed E-state index contributed by atoms with van der Waals surface area (Å²) in [6.07, 6.45) is 3.37. The normalized spacial score (nSPS) is 18.3. The Balaban J connectivity index is 2.55. The number of hydrogen-bond donors (Lipinski definition) is 1. The van der Waals surface area contributed by atoms with Gasteiger partial charge >= 0.3 is 0 Å². The van der Waals surface area contributed by atoms with Gasteiger partial charge in [0, 0.05) is 60.2 Å². The van der Waals surface area contributed by atoms with Gasteiger partial charge in [0.15, 0.2) is 0 Å². The highest BCUT2D eigenvalue weighted by Gasteiger charge is 2.33. The Labute approximate surface area is 130 Å². The van der Waals surface area contributed by atoms with Crippen LogP contribution >= 0.6 is 0 Å². The van der Waals surface area contributed by atoms with Crippen molar-refractivity contribution in [3.05, 3.63) is 0 Å². The fraction of sp³-hybridized carbons (Fsp3) is 1.00. The quantitative estimate of drug-likeness (QED) is 0.552. The van der Waals surface area contributed by atoms with Gasteiger partial charge in [-0.05, 0) is 31.2 Å². The van der Waals surface area contributed by atoms with E-state index in [0.717, 1.165) is 78.4 Å². The van der Waals surface area contributed by atoms with Crippen LogP contribution in [0.3, 0.4) is 0 Å². The summed E-state index contributed by atoms with van der Waals surface area (Å²) in [5.74, 6) is 0. The summed E-state index contributed by atoms with van der Waals surface area (Å²) in [4.78, 5) is 2.53. The molecule has 0 aromatic carbocycles. The molecule has 1 aliphatic heterocycles. The maximum absolute atomic E-state index is 5.57. The third-order valence-corrected chi connectivity index (χ3v) is 4.30. The van der Waals surface area contributed by atoms with Crippen LogP contribution in [0.25, 0.3) is 0 Å². The molecule has 1 saturated heterocycles. The fourth-order valence-corrected chi connectivity index (χ4v) is 2.98. The molecule has 0 atom stereocenters. The summed E-state index contributed by atoms with van der Waals surface area (Å²) in [7, 11) is 3.54. The van der Waals surface area contributed by atoms with E-state index in [1.165, 1.54) is 0 Å². The van der Waals surface area contributed by atoms with Gasteiger partial charge in [0.25, 0.3) is 0 Å². The minimum absolute atomic E-state index is 0.342. The molecule has 21 heavy (non-hydrogen) atoms. The molecule has 1 aliphatic rings. The van der Waals surface area contributed by atoms with Crippen LogP contribution in [0.2, 0.25) is 0 Å². The average molecular weight is 302 g/mol. The summed E-state index contributed by atoms with van der Waals surface area (Å²) in [5.41, 5.74) is 0.342. The number of rotatable bonds is 12. The minimum atomic E-state index is 0.342. The van der Waals surface area contributed by atoms with Crippen molar-refractivity contribution in [1.82, 2.24) is 10.2 Å². The van der Waals surface area contributed by atoms with Crippen molar-refractivity contribution in [1.29, 1.82) is 0 Å². The molecule has 5 nitrogen and oxygen atoms in total. The molecule has 0 radical (unpaired) electrons. The van der Waals surface area contributed by atoms with Crippen molar-refractivity contribution in [2.24, 2.45) is 5.41 Å². The second-order valence-electron chi connectivity index (χ2n) is 6.01. The fourth-order valence-electron chi connectivity index (χ4n) is 2.98. The molecule has 1 rings (SSSR count). The standard InChI is InChI=1S/C16H34N2O3/c1-4-17-14-16(6-11-21-12-7-16)15-18(9-13-20-3)8-5-10-19-2/h17H,4-15H2,1-3H3. The number of nitrogens with one attached hydrogen (secondary N) is 1. The molecular formula is C16H34N2O3. The summed E-state index contributed by atoms with van der Waals surface area (Å²) in [5, 5.41) is 3.55. The van der Waals surface area contributed by atoms with Crippen LogP contribution in [0, 0.1) is 5.41 Å². The Bertz CT molecular complexity index is 246. The molecule has 0 spiro atoms. The smallest absolute Gasteiger partial charge is 0.0589 e. The number of ether oxygens (including phenoxy) is 3. The number of nitrogens with zero attached hydrogens (tertiary/aromatic N) is 1. The van der Waals surface area contributed by atoms with Crippen LogP contribution in [-0.4, -0.2) is 78.3 Å². The summed E-state index contributed by atoms with van der Waals surface area (Å²) in [6.45, 7) is 10.9. The molecule has 126 valence electrons. The lowest BCUT2D eigenvalue weighted by Gasteiger charge is -2.41. The number of methoxy groups -OCH3 is 2. The third-order valence-electron chi connectivity index (χ3n) is 4.30.